The fourth-order valence-corrected chi connectivity index (χ4v) is 4.73. The molecule has 0 bridgehead atoms. The summed E-state index contributed by atoms with van der Waals surface area (Å²) < 4.78 is 47.0. The van der Waals surface area contributed by atoms with Crippen LogP contribution >= 0.6 is 0 Å². The number of pyridine rings is 1. The maximum atomic E-state index is 15.3. The molecule has 0 amide bonds. The number of aromatic nitrogens is 1. The van der Waals surface area contributed by atoms with Crippen LogP contribution in [-0.4, -0.2) is 47.7 Å². The minimum atomic E-state index is -1.25. The summed E-state index contributed by atoms with van der Waals surface area (Å²) in [4.78, 5) is 18.2. The van der Waals surface area contributed by atoms with Crippen LogP contribution in [-0.2, 0) is 4.79 Å². The number of likely N-dealkylation sites (tertiary alicyclic amines) is 1. The molecule has 8 heteroatoms. The lowest BCUT2D eigenvalue weighted by Gasteiger charge is -2.35. The van der Waals surface area contributed by atoms with Crippen LogP contribution in [0.2, 0.25) is 0 Å². The van der Waals surface area contributed by atoms with Gasteiger partial charge in [0.1, 0.15) is 11.9 Å². The number of carbonyl (C=O) groups is 1. The highest BCUT2D eigenvalue weighted by atomic mass is 19.2. The molecule has 1 unspecified atom stereocenters. The van der Waals surface area contributed by atoms with Gasteiger partial charge in [0.25, 0.3) is 0 Å². The number of benzene rings is 2. The molecule has 0 radical (unpaired) electrons. The summed E-state index contributed by atoms with van der Waals surface area (Å²) in [5.41, 5.74) is 1.56. The van der Waals surface area contributed by atoms with Crippen LogP contribution in [0.4, 0.5) is 13.2 Å². The maximum absolute atomic E-state index is 15.3. The first-order valence-corrected chi connectivity index (χ1v) is 11.8. The molecule has 1 aliphatic heterocycles. The molecule has 5 nitrogen and oxygen atoms in total. The lowest BCUT2D eigenvalue weighted by Crippen LogP contribution is -2.44. The Morgan fingerprint density at radius 2 is 2.06 bits per heavy atom. The van der Waals surface area contributed by atoms with Crippen LogP contribution in [0.1, 0.15) is 36.6 Å². The Kier molecular flexibility index (Phi) is 8.11. The van der Waals surface area contributed by atoms with E-state index in [1.807, 2.05) is 4.90 Å². The number of nitrogens with zero attached hydrogens (tertiary/aromatic N) is 2. The van der Waals surface area contributed by atoms with Gasteiger partial charge in [-0.15, -0.1) is 0 Å². The molecule has 188 valence electrons. The van der Waals surface area contributed by atoms with Gasteiger partial charge < -0.3 is 9.84 Å². The Morgan fingerprint density at radius 1 is 1.22 bits per heavy atom. The lowest BCUT2D eigenvalue weighted by atomic mass is 9.81. The van der Waals surface area contributed by atoms with Gasteiger partial charge in [-0.1, -0.05) is 11.8 Å². The van der Waals surface area contributed by atoms with Gasteiger partial charge in [-0.2, -0.15) is 0 Å². The van der Waals surface area contributed by atoms with Crippen molar-refractivity contribution in [1.29, 1.82) is 0 Å². The van der Waals surface area contributed by atoms with Gasteiger partial charge in [0.15, 0.2) is 11.6 Å². The molecular formula is C28H27F3N2O3. The number of halogens is 3. The van der Waals surface area contributed by atoms with Gasteiger partial charge in [-0.3, -0.25) is 14.7 Å². The molecule has 1 aromatic heterocycles. The van der Waals surface area contributed by atoms with Crippen molar-refractivity contribution < 1.29 is 27.8 Å². The Balaban J connectivity index is 1.37. The average Bonchev–Trinajstić information content (AvgIpc) is 2.88. The predicted octanol–water partition coefficient (Wildman–Crippen LogP) is 5.39. The Labute approximate surface area is 207 Å². The van der Waals surface area contributed by atoms with Crippen LogP contribution in [0.5, 0.6) is 5.75 Å². The van der Waals surface area contributed by atoms with E-state index in [1.165, 1.54) is 6.07 Å². The first-order valence-electron chi connectivity index (χ1n) is 11.8. The van der Waals surface area contributed by atoms with Gasteiger partial charge in [0, 0.05) is 23.7 Å². The van der Waals surface area contributed by atoms with Gasteiger partial charge in [-0.05, 0) is 79.8 Å². The summed E-state index contributed by atoms with van der Waals surface area (Å²) in [7, 11) is 1.55. The number of carboxylic acids is 1. The number of fused-ring (bicyclic) bond motifs is 1. The molecule has 3 aromatic rings. The van der Waals surface area contributed by atoms with Gasteiger partial charge in [0.05, 0.1) is 25.1 Å². The largest absolute Gasteiger partial charge is 0.497 e. The first kappa shape index (κ1) is 25.5. The molecular weight excluding hydrogens is 469 g/mol. The Morgan fingerprint density at radius 3 is 2.81 bits per heavy atom. The monoisotopic (exact) mass is 496 g/mol. The van der Waals surface area contributed by atoms with Crippen molar-refractivity contribution >= 4 is 16.9 Å². The fourth-order valence-electron chi connectivity index (χ4n) is 4.73. The topological polar surface area (TPSA) is 62.7 Å². The zero-order valence-corrected chi connectivity index (χ0v) is 19.9. The second kappa shape index (κ2) is 11.4. The van der Waals surface area contributed by atoms with Gasteiger partial charge in [-0.25, -0.2) is 13.2 Å². The van der Waals surface area contributed by atoms with Crippen molar-refractivity contribution in [2.45, 2.75) is 25.4 Å². The number of methoxy groups -OCH3 is 1. The van der Waals surface area contributed by atoms with E-state index in [2.05, 4.69) is 16.8 Å². The molecule has 4 rings (SSSR count). The number of carboxylic acid groups (broad SMARTS) is 1. The summed E-state index contributed by atoms with van der Waals surface area (Å²) >= 11 is 0. The number of ether oxygens (including phenoxy) is 1. The Hall–Kier alpha value is -3.57. The highest BCUT2D eigenvalue weighted by molar-refractivity contribution is 5.83. The van der Waals surface area contributed by atoms with Crippen LogP contribution in [0, 0.1) is 35.3 Å². The molecule has 2 aromatic carbocycles. The molecule has 36 heavy (non-hydrogen) atoms. The predicted molar refractivity (Wildman–Crippen MR) is 130 cm³/mol. The molecule has 1 saturated heterocycles. The van der Waals surface area contributed by atoms with E-state index >= 15 is 4.39 Å². The molecule has 2 heterocycles. The summed E-state index contributed by atoms with van der Waals surface area (Å²) in [6, 6.07) is 10.4. The third-order valence-corrected chi connectivity index (χ3v) is 6.72. The van der Waals surface area contributed by atoms with E-state index in [0.717, 1.165) is 12.1 Å². The fraction of sp³-hybridized carbons (Fsp3) is 0.357. The number of hydrogen-bond acceptors (Lipinski definition) is 4. The molecule has 1 aliphatic rings. The summed E-state index contributed by atoms with van der Waals surface area (Å²) in [5.74, 6) is 2.73. The SMILES string of the molecule is COc1ccc2nccc(C(F)CC[C@@H]3CCN(CC#Cc4ccc(F)c(F)c4)C[C@@H]3C(=O)O)c2c1. The average molecular weight is 497 g/mol. The summed E-state index contributed by atoms with van der Waals surface area (Å²) in [5, 5.41) is 10.5. The maximum Gasteiger partial charge on any atom is 0.308 e. The van der Waals surface area contributed by atoms with E-state index in [9.17, 15) is 18.7 Å². The zero-order chi connectivity index (χ0) is 25.7. The molecule has 3 atom stereocenters. The lowest BCUT2D eigenvalue weighted by molar-refractivity contribution is -0.146. The van der Waals surface area contributed by atoms with E-state index < -0.39 is 29.7 Å². The normalized spacial score (nSPS) is 18.9. The molecule has 0 spiro atoms. The molecule has 1 fully saturated rings. The van der Waals surface area contributed by atoms with E-state index in [4.69, 9.17) is 4.74 Å². The van der Waals surface area contributed by atoms with Crippen molar-refractivity contribution in [3.63, 3.8) is 0 Å². The van der Waals surface area contributed by atoms with E-state index in [1.54, 1.807) is 37.6 Å². The van der Waals surface area contributed by atoms with Crippen molar-refractivity contribution in [2.75, 3.05) is 26.7 Å². The van der Waals surface area contributed by atoms with Crippen molar-refractivity contribution in [2.24, 2.45) is 11.8 Å². The van der Waals surface area contributed by atoms with Crippen LogP contribution in [0.25, 0.3) is 10.9 Å². The minimum absolute atomic E-state index is 0.154. The minimum Gasteiger partial charge on any atom is -0.497 e. The number of piperidine rings is 1. The third kappa shape index (κ3) is 5.97. The second-order valence-electron chi connectivity index (χ2n) is 8.99. The highest BCUT2D eigenvalue weighted by Gasteiger charge is 2.34. The number of aliphatic carboxylic acids is 1. The van der Waals surface area contributed by atoms with Crippen LogP contribution in [0.3, 0.4) is 0 Å². The van der Waals surface area contributed by atoms with Crippen LogP contribution < -0.4 is 4.74 Å². The summed E-state index contributed by atoms with van der Waals surface area (Å²) in [6.45, 7) is 1.25. The van der Waals surface area contributed by atoms with E-state index in [-0.39, 0.29) is 12.3 Å². The number of alkyl halides is 1. The highest BCUT2D eigenvalue weighted by Crippen LogP contribution is 2.35. The van der Waals surface area contributed by atoms with Crippen molar-refractivity contribution in [3.8, 4) is 17.6 Å². The molecule has 0 aliphatic carbocycles. The number of hydrogen-bond donors (Lipinski definition) is 1. The Bertz CT molecular complexity index is 1300. The standard InChI is InChI=1S/C28H27F3N2O3/c1-36-20-6-9-27-22(16-20)21(10-12-32-27)24(29)8-5-19-11-14-33(17-23(19)28(34)35)13-2-3-18-4-7-25(30)26(31)15-18/h4,6-7,9-10,12,15-16,19,23-24H,5,8,11,13-14,17H2,1H3,(H,34,35)/t19-,23+,24?/m1/s1. The third-order valence-electron chi connectivity index (χ3n) is 6.72. The zero-order valence-electron chi connectivity index (χ0n) is 19.9. The quantitative estimate of drug-likeness (QED) is 0.445. The van der Waals surface area contributed by atoms with Crippen molar-refractivity contribution in [3.05, 3.63) is 71.4 Å². The first-order chi connectivity index (χ1) is 17.4. The summed E-state index contributed by atoms with van der Waals surface area (Å²) in [6.07, 6.45) is 1.59. The van der Waals surface area contributed by atoms with Crippen molar-refractivity contribution in [1.82, 2.24) is 9.88 Å². The molecule has 0 saturated carbocycles. The smallest absolute Gasteiger partial charge is 0.308 e. The van der Waals surface area contributed by atoms with Gasteiger partial charge in [0.2, 0.25) is 0 Å². The second-order valence-corrected chi connectivity index (χ2v) is 8.99. The van der Waals surface area contributed by atoms with E-state index in [0.29, 0.717) is 60.3 Å². The van der Waals surface area contributed by atoms with Gasteiger partial charge >= 0.3 is 5.97 Å². The van der Waals surface area contributed by atoms with Crippen LogP contribution in [0.15, 0.2) is 48.7 Å². The number of rotatable bonds is 7. The molecule has 1 N–H and O–H groups in total.